The summed E-state index contributed by atoms with van der Waals surface area (Å²) < 4.78 is 0. The number of hydrogen-bond acceptors (Lipinski definition) is 3. The highest BCUT2D eigenvalue weighted by atomic mass is 16.1. The molecule has 0 bridgehead atoms. The minimum atomic E-state index is -0.0955. The fourth-order valence-corrected chi connectivity index (χ4v) is 5.87. The van der Waals surface area contributed by atoms with Crippen LogP contribution in [0.25, 0.3) is 0 Å². The molecule has 2 rings (SSSR count). The number of nitrogens with one attached hydrogen (secondary N) is 2. The third kappa shape index (κ3) is 4.96. The number of ketones is 1. The van der Waals surface area contributed by atoms with Gasteiger partial charge in [-0.05, 0) is 68.0 Å². The van der Waals surface area contributed by atoms with Crippen LogP contribution in [0.4, 0.5) is 0 Å². The van der Waals surface area contributed by atoms with Crippen LogP contribution in [0.1, 0.15) is 94.4 Å². The maximum atomic E-state index is 12.5. The second kappa shape index (κ2) is 10.1. The summed E-state index contributed by atoms with van der Waals surface area (Å²) in [4.78, 5) is 24.1. The van der Waals surface area contributed by atoms with E-state index in [2.05, 4.69) is 52.3 Å². The fraction of sp³-hybridized carbons (Fsp3) is 0.692. The summed E-state index contributed by atoms with van der Waals surface area (Å²) >= 11 is 0. The predicted molar refractivity (Wildman–Crippen MR) is 125 cm³/mol. The predicted octanol–water partition coefficient (Wildman–Crippen LogP) is 5.48. The molecule has 0 aliphatic heterocycles. The van der Waals surface area contributed by atoms with Gasteiger partial charge in [0.15, 0.2) is 5.78 Å². The zero-order chi connectivity index (χ0) is 22.5. The van der Waals surface area contributed by atoms with Crippen molar-refractivity contribution in [2.75, 3.05) is 13.6 Å². The number of amides is 1. The molecule has 2 N–H and O–H groups in total. The number of hydrogen-bond donors (Lipinski definition) is 2. The number of benzene rings is 1. The Morgan fingerprint density at radius 3 is 2.37 bits per heavy atom. The van der Waals surface area contributed by atoms with Crippen molar-refractivity contribution in [3.63, 3.8) is 0 Å². The Kier molecular flexibility index (Phi) is 8.27. The van der Waals surface area contributed by atoms with E-state index < -0.39 is 0 Å². The highest BCUT2D eigenvalue weighted by Gasteiger charge is 2.53. The van der Waals surface area contributed by atoms with Crippen LogP contribution in [0, 0.1) is 22.7 Å². The number of carbonyl (C=O) groups excluding carboxylic acids is 2. The zero-order valence-corrected chi connectivity index (χ0v) is 20.1. The second-order valence-corrected chi connectivity index (χ2v) is 9.84. The molecule has 5 unspecified atom stereocenters. The SMILES string of the molecule is CCC1(C)CC(NC)C(C)C(C)(CC)C1CCCNC(=O)c1cccc(C(C)=O)c1. The summed E-state index contributed by atoms with van der Waals surface area (Å²) in [6, 6.07) is 7.53. The molecule has 168 valence electrons. The lowest BCUT2D eigenvalue weighted by molar-refractivity contribution is -0.0782. The summed E-state index contributed by atoms with van der Waals surface area (Å²) in [5.41, 5.74) is 1.74. The maximum Gasteiger partial charge on any atom is 0.251 e. The first kappa shape index (κ1) is 24.6. The van der Waals surface area contributed by atoms with Gasteiger partial charge in [0.05, 0.1) is 0 Å². The van der Waals surface area contributed by atoms with Crippen molar-refractivity contribution >= 4 is 11.7 Å². The van der Waals surface area contributed by atoms with E-state index in [0.717, 1.165) is 12.8 Å². The topological polar surface area (TPSA) is 58.2 Å². The first-order valence-corrected chi connectivity index (χ1v) is 11.7. The molecule has 1 amide bonds. The Balaban J connectivity index is 2.03. The van der Waals surface area contributed by atoms with E-state index in [1.54, 1.807) is 24.3 Å². The molecule has 30 heavy (non-hydrogen) atoms. The van der Waals surface area contributed by atoms with Gasteiger partial charge in [-0.15, -0.1) is 0 Å². The first-order chi connectivity index (χ1) is 14.1. The molecular weight excluding hydrogens is 372 g/mol. The van der Waals surface area contributed by atoms with Crippen molar-refractivity contribution in [2.45, 2.75) is 79.7 Å². The smallest absolute Gasteiger partial charge is 0.251 e. The van der Waals surface area contributed by atoms with E-state index in [1.165, 1.54) is 26.2 Å². The molecule has 0 spiro atoms. The lowest BCUT2D eigenvalue weighted by atomic mass is 9.48. The van der Waals surface area contributed by atoms with Crippen LogP contribution in [0.5, 0.6) is 0 Å². The molecule has 1 saturated carbocycles. The van der Waals surface area contributed by atoms with Gasteiger partial charge < -0.3 is 10.6 Å². The quantitative estimate of drug-likeness (QED) is 0.416. The maximum absolute atomic E-state index is 12.5. The van der Waals surface area contributed by atoms with Crippen LogP contribution >= 0.6 is 0 Å². The lowest BCUT2D eigenvalue weighted by Gasteiger charge is -2.58. The van der Waals surface area contributed by atoms with Gasteiger partial charge in [-0.1, -0.05) is 59.6 Å². The molecule has 0 heterocycles. The molecule has 4 heteroatoms. The van der Waals surface area contributed by atoms with Crippen molar-refractivity contribution in [1.82, 2.24) is 10.6 Å². The molecule has 1 aromatic carbocycles. The minimum Gasteiger partial charge on any atom is -0.352 e. The second-order valence-electron chi connectivity index (χ2n) is 9.84. The van der Waals surface area contributed by atoms with Crippen molar-refractivity contribution < 1.29 is 9.59 Å². The van der Waals surface area contributed by atoms with Crippen LogP contribution in [0.2, 0.25) is 0 Å². The van der Waals surface area contributed by atoms with Crippen LogP contribution < -0.4 is 10.6 Å². The standard InChI is InChI=1S/C26H42N2O2/c1-8-25(5)17-22(27-7)18(3)26(6,9-2)23(25)14-11-15-28-24(30)21-13-10-12-20(16-21)19(4)29/h10,12-13,16,18,22-23,27H,8-9,11,14-15,17H2,1-7H3,(H,28,30). The van der Waals surface area contributed by atoms with Crippen molar-refractivity contribution in [2.24, 2.45) is 22.7 Å². The Bertz CT molecular complexity index is 746. The Morgan fingerprint density at radius 1 is 1.13 bits per heavy atom. The number of Topliss-reactive ketones (excluding diaryl/α,β-unsaturated/α-hetero) is 1. The van der Waals surface area contributed by atoms with E-state index in [9.17, 15) is 9.59 Å². The van der Waals surface area contributed by atoms with Gasteiger partial charge >= 0.3 is 0 Å². The van der Waals surface area contributed by atoms with Crippen LogP contribution in [-0.2, 0) is 0 Å². The van der Waals surface area contributed by atoms with Gasteiger partial charge in [0.1, 0.15) is 0 Å². The van der Waals surface area contributed by atoms with Crippen LogP contribution in [0.3, 0.4) is 0 Å². The van der Waals surface area contributed by atoms with Gasteiger partial charge in [0.25, 0.3) is 5.91 Å². The molecule has 0 radical (unpaired) electrons. The highest BCUT2D eigenvalue weighted by molar-refractivity contribution is 5.99. The summed E-state index contributed by atoms with van der Waals surface area (Å²) in [5.74, 6) is 1.15. The van der Waals surface area contributed by atoms with Gasteiger partial charge in [0.2, 0.25) is 0 Å². The fourth-order valence-electron chi connectivity index (χ4n) is 5.87. The molecule has 1 aliphatic rings. The van der Waals surface area contributed by atoms with E-state index in [4.69, 9.17) is 0 Å². The van der Waals surface area contributed by atoms with Crippen LogP contribution in [-0.4, -0.2) is 31.3 Å². The molecule has 1 aromatic rings. The Hall–Kier alpha value is -1.68. The highest BCUT2D eigenvalue weighted by Crippen LogP contribution is 2.58. The zero-order valence-electron chi connectivity index (χ0n) is 20.1. The van der Waals surface area contributed by atoms with Crippen molar-refractivity contribution in [3.05, 3.63) is 35.4 Å². The Labute approximate surface area is 183 Å². The lowest BCUT2D eigenvalue weighted by Crippen LogP contribution is -2.56. The molecule has 4 nitrogen and oxygen atoms in total. The normalized spacial score (nSPS) is 31.4. The van der Waals surface area contributed by atoms with Crippen molar-refractivity contribution in [3.8, 4) is 0 Å². The van der Waals surface area contributed by atoms with Gasteiger partial charge in [0, 0.05) is 23.7 Å². The Morgan fingerprint density at radius 2 is 1.80 bits per heavy atom. The molecule has 0 saturated heterocycles. The van der Waals surface area contributed by atoms with E-state index in [-0.39, 0.29) is 17.1 Å². The summed E-state index contributed by atoms with van der Waals surface area (Å²) in [7, 11) is 2.10. The van der Waals surface area contributed by atoms with E-state index >= 15 is 0 Å². The molecular formula is C26H42N2O2. The van der Waals surface area contributed by atoms with E-state index in [0.29, 0.717) is 41.0 Å². The van der Waals surface area contributed by atoms with Crippen LogP contribution in [0.15, 0.2) is 24.3 Å². The summed E-state index contributed by atoms with van der Waals surface area (Å²) in [6.07, 6.45) is 5.68. The average Bonchev–Trinajstić information content (AvgIpc) is 2.75. The largest absolute Gasteiger partial charge is 0.352 e. The molecule has 0 aromatic heterocycles. The van der Waals surface area contributed by atoms with Gasteiger partial charge in [-0.25, -0.2) is 0 Å². The molecule has 1 aliphatic carbocycles. The third-order valence-corrected chi connectivity index (χ3v) is 8.39. The van der Waals surface area contributed by atoms with Gasteiger partial charge in [-0.3, -0.25) is 9.59 Å². The number of rotatable bonds is 9. The van der Waals surface area contributed by atoms with E-state index in [1.807, 2.05) is 0 Å². The first-order valence-electron chi connectivity index (χ1n) is 11.7. The summed E-state index contributed by atoms with van der Waals surface area (Å²) in [6.45, 7) is 14.2. The monoisotopic (exact) mass is 414 g/mol. The van der Waals surface area contributed by atoms with Crippen molar-refractivity contribution in [1.29, 1.82) is 0 Å². The summed E-state index contributed by atoms with van der Waals surface area (Å²) in [5, 5.41) is 6.65. The minimum absolute atomic E-state index is 0.0198. The average molecular weight is 415 g/mol. The third-order valence-electron chi connectivity index (χ3n) is 8.39. The molecule has 1 fully saturated rings. The number of carbonyl (C=O) groups is 2. The van der Waals surface area contributed by atoms with Gasteiger partial charge in [-0.2, -0.15) is 0 Å². The molecule has 5 atom stereocenters.